The molecule has 0 spiro atoms. The first-order valence-electron chi connectivity index (χ1n) is 11.6. The lowest BCUT2D eigenvalue weighted by Gasteiger charge is -2.27. The summed E-state index contributed by atoms with van der Waals surface area (Å²) >= 11 is 0. The van der Waals surface area contributed by atoms with Crippen LogP contribution in [-0.4, -0.2) is 19.8 Å². The molecule has 0 radical (unpaired) electrons. The average molecular weight is 461 g/mol. The van der Waals surface area contributed by atoms with Crippen molar-refractivity contribution in [1.82, 2.24) is 0 Å². The summed E-state index contributed by atoms with van der Waals surface area (Å²) in [5.41, 5.74) is 1.11. The molecule has 0 saturated carbocycles. The fourth-order valence-corrected chi connectivity index (χ4v) is 3.53. The zero-order valence-corrected chi connectivity index (χ0v) is 19.3. The van der Waals surface area contributed by atoms with Crippen LogP contribution in [0, 0.1) is 42.1 Å². The van der Waals surface area contributed by atoms with E-state index in [4.69, 9.17) is 14.2 Å². The van der Waals surface area contributed by atoms with Crippen LogP contribution in [0.4, 0.5) is 13.2 Å². The number of hydrogen-bond donors (Lipinski definition) is 0. The molecule has 1 aliphatic heterocycles. The molecule has 2 aromatic carbocycles. The lowest BCUT2D eigenvalue weighted by atomic mass is 10.1. The van der Waals surface area contributed by atoms with Crippen molar-refractivity contribution in [2.75, 3.05) is 19.8 Å². The van der Waals surface area contributed by atoms with Crippen molar-refractivity contribution in [1.29, 1.82) is 0 Å². The van der Waals surface area contributed by atoms with Gasteiger partial charge >= 0.3 is 0 Å². The van der Waals surface area contributed by atoms with E-state index in [0.29, 0.717) is 17.7 Å². The maximum atomic E-state index is 14.6. The summed E-state index contributed by atoms with van der Waals surface area (Å²) in [5.74, 6) is 3.16. The quantitative estimate of drug-likeness (QED) is 0.302. The van der Waals surface area contributed by atoms with Gasteiger partial charge in [0, 0.05) is 11.1 Å². The molecule has 0 amide bonds. The van der Waals surface area contributed by atoms with Gasteiger partial charge < -0.3 is 14.2 Å². The molecule has 33 heavy (non-hydrogen) atoms. The van der Waals surface area contributed by atoms with Gasteiger partial charge in [-0.25, -0.2) is 8.78 Å². The van der Waals surface area contributed by atoms with Crippen molar-refractivity contribution in [2.24, 2.45) is 5.92 Å². The highest BCUT2D eigenvalue weighted by Crippen LogP contribution is 2.31. The molecule has 0 atom stereocenters. The van der Waals surface area contributed by atoms with Crippen LogP contribution in [0.2, 0.25) is 0 Å². The van der Waals surface area contributed by atoms with Crippen LogP contribution in [0.1, 0.15) is 68.4 Å². The highest BCUT2D eigenvalue weighted by atomic mass is 19.2. The van der Waals surface area contributed by atoms with Gasteiger partial charge in [0.1, 0.15) is 5.82 Å². The summed E-state index contributed by atoms with van der Waals surface area (Å²) in [7, 11) is 0. The Hall–Kier alpha value is -2.49. The minimum atomic E-state index is -1.03. The molecule has 1 aliphatic rings. The van der Waals surface area contributed by atoms with Crippen LogP contribution in [0.15, 0.2) is 30.3 Å². The molecule has 0 N–H and O–H groups in total. The van der Waals surface area contributed by atoms with E-state index < -0.39 is 17.9 Å². The summed E-state index contributed by atoms with van der Waals surface area (Å²) in [4.78, 5) is 0. The van der Waals surface area contributed by atoms with Gasteiger partial charge in [0.2, 0.25) is 5.82 Å². The van der Waals surface area contributed by atoms with E-state index in [0.717, 1.165) is 19.3 Å². The number of rotatable bonds is 9. The number of benzene rings is 2. The van der Waals surface area contributed by atoms with Crippen molar-refractivity contribution < 1.29 is 27.4 Å². The summed E-state index contributed by atoms with van der Waals surface area (Å²) < 4.78 is 59.3. The van der Waals surface area contributed by atoms with Gasteiger partial charge in [-0.1, -0.05) is 56.9 Å². The summed E-state index contributed by atoms with van der Waals surface area (Å²) in [6.07, 6.45) is 5.51. The van der Waals surface area contributed by atoms with Crippen molar-refractivity contribution in [3.05, 3.63) is 64.5 Å². The van der Waals surface area contributed by atoms with Crippen molar-refractivity contribution in [3.8, 4) is 17.6 Å². The molecule has 0 unspecified atom stereocenters. The third kappa shape index (κ3) is 7.25. The smallest absolute Gasteiger partial charge is 0.201 e. The Morgan fingerprint density at radius 1 is 0.939 bits per heavy atom. The van der Waals surface area contributed by atoms with E-state index in [1.807, 2.05) is 0 Å². The first-order valence-corrected chi connectivity index (χ1v) is 11.6. The zero-order chi connectivity index (χ0) is 23.6. The molecule has 0 aromatic heterocycles. The van der Waals surface area contributed by atoms with Gasteiger partial charge in [-0.2, -0.15) is 4.39 Å². The van der Waals surface area contributed by atoms with E-state index in [1.165, 1.54) is 37.5 Å². The zero-order valence-electron chi connectivity index (χ0n) is 19.3. The van der Waals surface area contributed by atoms with Gasteiger partial charge in [-0.15, -0.1) is 0 Å². The van der Waals surface area contributed by atoms with E-state index >= 15 is 0 Å². The number of hydrogen-bond acceptors (Lipinski definition) is 3. The molecule has 0 aliphatic carbocycles. The Bertz CT molecular complexity index is 973. The normalized spacial score (nSPS) is 18.0. The predicted octanol–water partition coefficient (Wildman–Crippen LogP) is 6.86. The summed E-state index contributed by atoms with van der Waals surface area (Å²) in [6, 6.07) is 7.63. The summed E-state index contributed by atoms with van der Waals surface area (Å²) in [6.45, 7) is 4.60. The van der Waals surface area contributed by atoms with Gasteiger partial charge in [0.15, 0.2) is 17.9 Å². The number of aryl methyl sites for hydroxylation is 1. The molecular formula is C27H31F3O3. The average Bonchev–Trinajstić information content (AvgIpc) is 2.82. The molecule has 3 rings (SSSR count). The van der Waals surface area contributed by atoms with E-state index in [9.17, 15) is 13.2 Å². The standard InChI is InChI=1S/C27H31F3O3/c1-3-4-5-6-7-8-15-31-24-14-13-22(25(29)26(24)30)27-32-17-21(18-33-27)12-11-20-10-9-19(2)23(28)16-20/h9-10,13-14,16,21,27H,3-8,15,17-18H2,1-2H3. The number of halogens is 3. The lowest BCUT2D eigenvalue weighted by molar-refractivity contribution is -0.197. The maximum absolute atomic E-state index is 14.6. The highest BCUT2D eigenvalue weighted by molar-refractivity contribution is 5.37. The second-order valence-corrected chi connectivity index (χ2v) is 8.33. The Labute approximate surface area is 194 Å². The Morgan fingerprint density at radius 3 is 2.39 bits per heavy atom. The number of ether oxygens (including phenoxy) is 3. The van der Waals surface area contributed by atoms with Gasteiger partial charge in [0.25, 0.3) is 0 Å². The largest absolute Gasteiger partial charge is 0.490 e. The first-order chi connectivity index (χ1) is 16.0. The fraction of sp³-hybridized carbons (Fsp3) is 0.481. The van der Waals surface area contributed by atoms with Crippen LogP contribution in [0.3, 0.4) is 0 Å². The van der Waals surface area contributed by atoms with Crippen LogP contribution >= 0.6 is 0 Å². The van der Waals surface area contributed by atoms with Crippen molar-refractivity contribution >= 4 is 0 Å². The third-order valence-corrected chi connectivity index (χ3v) is 5.58. The fourth-order valence-electron chi connectivity index (χ4n) is 3.53. The molecule has 0 bridgehead atoms. The highest BCUT2D eigenvalue weighted by Gasteiger charge is 2.27. The second-order valence-electron chi connectivity index (χ2n) is 8.33. The Kier molecular flexibility index (Phi) is 9.65. The van der Waals surface area contributed by atoms with Crippen LogP contribution in [0.5, 0.6) is 5.75 Å². The van der Waals surface area contributed by atoms with Crippen molar-refractivity contribution in [3.63, 3.8) is 0 Å². The van der Waals surface area contributed by atoms with Gasteiger partial charge in [-0.3, -0.25) is 0 Å². The van der Waals surface area contributed by atoms with Gasteiger partial charge in [-0.05, 0) is 43.2 Å². The minimum Gasteiger partial charge on any atom is -0.490 e. The van der Waals surface area contributed by atoms with Crippen LogP contribution in [0.25, 0.3) is 0 Å². The van der Waals surface area contributed by atoms with Crippen LogP contribution < -0.4 is 4.74 Å². The Balaban J connectivity index is 1.50. The molecule has 3 nitrogen and oxygen atoms in total. The monoisotopic (exact) mass is 460 g/mol. The topological polar surface area (TPSA) is 27.7 Å². The first kappa shape index (κ1) is 25.1. The molecule has 1 saturated heterocycles. The van der Waals surface area contributed by atoms with E-state index in [-0.39, 0.29) is 36.3 Å². The predicted molar refractivity (Wildman–Crippen MR) is 121 cm³/mol. The minimum absolute atomic E-state index is 0.00793. The molecular weight excluding hydrogens is 429 g/mol. The summed E-state index contributed by atoms with van der Waals surface area (Å²) in [5, 5.41) is 0. The number of unbranched alkanes of at least 4 members (excludes halogenated alkanes) is 5. The Morgan fingerprint density at radius 2 is 1.67 bits per heavy atom. The third-order valence-electron chi connectivity index (χ3n) is 5.58. The maximum Gasteiger partial charge on any atom is 0.201 e. The van der Waals surface area contributed by atoms with Crippen molar-refractivity contribution in [2.45, 2.75) is 58.7 Å². The van der Waals surface area contributed by atoms with Gasteiger partial charge in [0.05, 0.1) is 25.7 Å². The van der Waals surface area contributed by atoms with Crippen LogP contribution in [-0.2, 0) is 9.47 Å². The molecule has 1 heterocycles. The SMILES string of the molecule is CCCCCCCCOc1ccc(C2OCC(C#Cc3ccc(C)c(F)c3)CO2)c(F)c1F. The molecule has 178 valence electrons. The molecule has 2 aromatic rings. The van der Waals surface area contributed by atoms with E-state index in [2.05, 4.69) is 18.8 Å². The molecule has 6 heteroatoms. The second kappa shape index (κ2) is 12.7. The molecule has 1 fully saturated rings. The van der Waals surface area contributed by atoms with E-state index in [1.54, 1.807) is 19.1 Å². The lowest BCUT2D eigenvalue weighted by Crippen LogP contribution is -2.27.